The first-order valence-electron chi connectivity index (χ1n) is 6.53. The van der Waals surface area contributed by atoms with Gasteiger partial charge in [-0.25, -0.2) is 4.79 Å². The Labute approximate surface area is 120 Å². The number of alkyl halides is 3. The van der Waals surface area contributed by atoms with E-state index in [1.807, 2.05) is 0 Å². The predicted molar refractivity (Wildman–Crippen MR) is 69.1 cm³/mol. The molecule has 0 amide bonds. The summed E-state index contributed by atoms with van der Waals surface area (Å²) in [6.45, 7) is 1.38. The van der Waals surface area contributed by atoms with Crippen molar-refractivity contribution in [2.75, 3.05) is 20.3 Å². The van der Waals surface area contributed by atoms with Crippen molar-refractivity contribution < 1.29 is 27.4 Å². The summed E-state index contributed by atoms with van der Waals surface area (Å²) in [5.41, 5.74) is -2.51. The quantitative estimate of drug-likeness (QED) is 0.869. The molecule has 0 aromatic heterocycles. The summed E-state index contributed by atoms with van der Waals surface area (Å²) in [5.74, 6) is -0.876. The molecule has 0 bridgehead atoms. The Hall–Kier alpha value is -1.76. The zero-order valence-electron chi connectivity index (χ0n) is 11.7. The highest BCUT2D eigenvalue weighted by Gasteiger charge is 2.64. The van der Waals surface area contributed by atoms with Crippen molar-refractivity contribution in [1.29, 1.82) is 0 Å². The van der Waals surface area contributed by atoms with Crippen LogP contribution in [0.3, 0.4) is 0 Å². The van der Waals surface area contributed by atoms with Crippen LogP contribution in [-0.2, 0) is 21.5 Å². The predicted octanol–water partition coefficient (Wildman–Crippen LogP) is 2.16. The summed E-state index contributed by atoms with van der Waals surface area (Å²) in [6, 6.07) is 4.20. The van der Waals surface area contributed by atoms with Crippen molar-refractivity contribution in [1.82, 2.24) is 5.32 Å². The number of methoxy groups -OCH3 is 1. The van der Waals surface area contributed by atoms with E-state index in [4.69, 9.17) is 4.74 Å². The molecule has 0 fully saturated rings. The van der Waals surface area contributed by atoms with Gasteiger partial charge in [-0.3, -0.25) is 5.32 Å². The van der Waals surface area contributed by atoms with Crippen LogP contribution in [0, 0.1) is 0 Å². The van der Waals surface area contributed by atoms with E-state index >= 15 is 0 Å². The standard InChI is InChI=1S/C14H16F3NO3/c1-3-21-12(19)13(14(15,16)17)11-5-4-10(20-2)8-9(11)6-7-18-13/h4-5,8,18H,3,6-7H2,1-2H3. The summed E-state index contributed by atoms with van der Waals surface area (Å²) < 4.78 is 50.6. The number of hydrogen-bond acceptors (Lipinski definition) is 4. The minimum absolute atomic E-state index is 0.0263. The highest BCUT2D eigenvalue weighted by Crippen LogP contribution is 2.44. The number of fused-ring (bicyclic) bond motifs is 1. The molecular weight excluding hydrogens is 287 g/mol. The minimum atomic E-state index is -4.80. The van der Waals surface area contributed by atoms with Gasteiger partial charge in [0.05, 0.1) is 13.7 Å². The topological polar surface area (TPSA) is 47.6 Å². The fraction of sp³-hybridized carbons (Fsp3) is 0.500. The van der Waals surface area contributed by atoms with Gasteiger partial charge in [0, 0.05) is 6.54 Å². The second-order valence-electron chi connectivity index (χ2n) is 4.67. The maximum absolute atomic E-state index is 13.6. The van der Waals surface area contributed by atoms with E-state index < -0.39 is 17.7 Å². The fourth-order valence-corrected chi connectivity index (χ4v) is 2.54. The van der Waals surface area contributed by atoms with Crippen molar-refractivity contribution in [2.24, 2.45) is 0 Å². The average molecular weight is 303 g/mol. The van der Waals surface area contributed by atoms with E-state index in [1.54, 1.807) is 0 Å². The molecule has 1 aromatic carbocycles. The fourth-order valence-electron chi connectivity index (χ4n) is 2.54. The van der Waals surface area contributed by atoms with E-state index in [-0.39, 0.29) is 18.7 Å². The SMILES string of the molecule is CCOC(=O)C1(C(F)(F)F)NCCc2cc(OC)ccc21. The van der Waals surface area contributed by atoms with Crippen molar-refractivity contribution in [3.63, 3.8) is 0 Å². The Balaban J connectivity index is 2.61. The van der Waals surface area contributed by atoms with E-state index in [0.29, 0.717) is 17.7 Å². The molecule has 0 saturated carbocycles. The average Bonchev–Trinajstić information content (AvgIpc) is 2.44. The summed E-state index contributed by atoms with van der Waals surface area (Å²) >= 11 is 0. The number of hydrogen-bond donors (Lipinski definition) is 1. The molecule has 1 unspecified atom stereocenters. The molecule has 0 aliphatic carbocycles. The number of carbonyl (C=O) groups excluding carboxylic acids is 1. The zero-order chi connectivity index (χ0) is 15.7. The third kappa shape index (κ3) is 2.46. The molecular formula is C14H16F3NO3. The summed E-state index contributed by atoms with van der Waals surface area (Å²) in [6.07, 6.45) is -4.42. The van der Waals surface area contributed by atoms with Gasteiger partial charge < -0.3 is 9.47 Å². The lowest BCUT2D eigenvalue weighted by molar-refractivity contribution is -0.218. The highest BCUT2D eigenvalue weighted by atomic mass is 19.4. The lowest BCUT2D eigenvalue weighted by Crippen LogP contribution is -2.62. The number of nitrogens with one attached hydrogen (secondary N) is 1. The Morgan fingerprint density at radius 2 is 2.14 bits per heavy atom. The molecule has 1 N–H and O–H groups in total. The maximum Gasteiger partial charge on any atom is 0.421 e. The molecule has 116 valence electrons. The molecule has 1 aromatic rings. The second kappa shape index (κ2) is 5.55. The van der Waals surface area contributed by atoms with Gasteiger partial charge in [0.15, 0.2) is 0 Å². The Bertz CT molecular complexity index is 545. The van der Waals surface area contributed by atoms with Gasteiger partial charge in [-0.1, -0.05) is 6.07 Å². The summed E-state index contributed by atoms with van der Waals surface area (Å²) in [5, 5.41) is 2.31. The monoisotopic (exact) mass is 303 g/mol. The smallest absolute Gasteiger partial charge is 0.421 e. The lowest BCUT2D eigenvalue weighted by Gasteiger charge is -2.39. The molecule has 1 atom stereocenters. The van der Waals surface area contributed by atoms with Crippen molar-refractivity contribution >= 4 is 5.97 Å². The first-order valence-corrected chi connectivity index (χ1v) is 6.53. The van der Waals surface area contributed by atoms with Gasteiger partial charge in [0.1, 0.15) is 5.75 Å². The van der Waals surface area contributed by atoms with Crippen LogP contribution in [0.15, 0.2) is 18.2 Å². The van der Waals surface area contributed by atoms with Gasteiger partial charge in [-0.2, -0.15) is 13.2 Å². The Kier molecular flexibility index (Phi) is 4.13. The van der Waals surface area contributed by atoms with Crippen LogP contribution in [0.4, 0.5) is 13.2 Å². The lowest BCUT2D eigenvalue weighted by atomic mass is 9.81. The van der Waals surface area contributed by atoms with Crippen LogP contribution < -0.4 is 10.1 Å². The number of carbonyl (C=O) groups is 1. The van der Waals surface area contributed by atoms with Gasteiger partial charge >= 0.3 is 12.1 Å². The molecule has 4 nitrogen and oxygen atoms in total. The second-order valence-corrected chi connectivity index (χ2v) is 4.67. The first-order chi connectivity index (χ1) is 9.86. The van der Waals surface area contributed by atoms with Gasteiger partial charge in [0.25, 0.3) is 0 Å². The molecule has 0 saturated heterocycles. The molecule has 1 heterocycles. The molecule has 2 rings (SSSR count). The third-order valence-corrected chi connectivity index (χ3v) is 3.51. The number of esters is 1. The number of rotatable bonds is 3. The van der Waals surface area contributed by atoms with Gasteiger partial charge in [-0.15, -0.1) is 0 Å². The number of ether oxygens (including phenoxy) is 2. The Morgan fingerprint density at radius 3 is 2.71 bits per heavy atom. The van der Waals surface area contributed by atoms with Crippen molar-refractivity contribution in [2.45, 2.75) is 25.1 Å². The molecule has 21 heavy (non-hydrogen) atoms. The van der Waals surface area contributed by atoms with Crippen LogP contribution in [0.2, 0.25) is 0 Å². The van der Waals surface area contributed by atoms with E-state index in [0.717, 1.165) is 0 Å². The minimum Gasteiger partial charge on any atom is -0.497 e. The first kappa shape index (κ1) is 15.6. The van der Waals surface area contributed by atoms with E-state index in [9.17, 15) is 18.0 Å². The normalized spacial score (nSPS) is 21.6. The third-order valence-electron chi connectivity index (χ3n) is 3.51. The number of benzene rings is 1. The van der Waals surface area contributed by atoms with Crippen LogP contribution in [0.25, 0.3) is 0 Å². The maximum atomic E-state index is 13.6. The molecule has 7 heteroatoms. The largest absolute Gasteiger partial charge is 0.497 e. The van der Waals surface area contributed by atoms with Crippen LogP contribution >= 0.6 is 0 Å². The van der Waals surface area contributed by atoms with Crippen molar-refractivity contribution in [3.8, 4) is 5.75 Å². The summed E-state index contributed by atoms with van der Waals surface area (Å²) in [7, 11) is 1.44. The van der Waals surface area contributed by atoms with E-state index in [2.05, 4.69) is 10.1 Å². The highest BCUT2D eigenvalue weighted by molar-refractivity contribution is 5.85. The molecule has 1 aliphatic rings. The summed E-state index contributed by atoms with van der Waals surface area (Å²) in [4.78, 5) is 12.0. The van der Waals surface area contributed by atoms with Crippen LogP contribution in [-0.4, -0.2) is 32.4 Å². The van der Waals surface area contributed by atoms with Crippen LogP contribution in [0.1, 0.15) is 18.1 Å². The Morgan fingerprint density at radius 1 is 1.43 bits per heavy atom. The zero-order valence-corrected chi connectivity index (χ0v) is 11.7. The van der Waals surface area contributed by atoms with Gasteiger partial charge in [-0.05, 0) is 36.6 Å². The van der Waals surface area contributed by atoms with E-state index in [1.165, 1.54) is 32.2 Å². The van der Waals surface area contributed by atoms with Gasteiger partial charge in [0.2, 0.25) is 5.54 Å². The number of halogens is 3. The molecule has 0 spiro atoms. The molecule has 1 aliphatic heterocycles. The van der Waals surface area contributed by atoms with Crippen LogP contribution in [0.5, 0.6) is 5.75 Å². The molecule has 0 radical (unpaired) electrons. The van der Waals surface area contributed by atoms with Crippen molar-refractivity contribution in [3.05, 3.63) is 29.3 Å².